The zero-order valence-electron chi connectivity index (χ0n) is 19.6. The van der Waals surface area contributed by atoms with Gasteiger partial charge in [0.05, 0.1) is 6.04 Å². The van der Waals surface area contributed by atoms with Crippen LogP contribution in [0.5, 0.6) is 0 Å². The summed E-state index contributed by atoms with van der Waals surface area (Å²) in [6.07, 6.45) is 4.28. The lowest BCUT2D eigenvalue weighted by Gasteiger charge is -2.26. The van der Waals surface area contributed by atoms with Crippen molar-refractivity contribution in [2.75, 3.05) is 18.6 Å². The Labute approximate surface area is 202 Å². The first kappa shape index (κ1) is 27.2. The minimum absolute atomic E-state index is 0.271. The quantitative estimate of drug-likeness (QED) is 0.239. The van der Waals surface area contributed by atoms with Gasteiger partial charge in [-0.1, -0.05) is 32.0 Å². The van der Waals surface area contributed by atoms with E-state index in [1.54, 1.807) is 13.8 Å². The number of H-pyrrole nitrogens is 1. The first-order valence-corrected chi connectivity index (χ1v) is 12.4. The van der Waals surface area contributed by atoms with Gasteiger partial charge in [-0.2, -0.15) is 11.8 Å². The van der Waals surface area contributed by atoms with Crippen molar-refractivity contribution in [2.24, 2.45) is 11.7 Å². The summed E-state index contributed by atoms with van der Waals surface area (Å²) in [5, 5.41) is 17.4. The number of hydrogen-bond acceptors (Lipinski definition) is 6. The van der Waals surface area contributed by atoms with Crippen LogP contribution in [0.4, 0.5) is 0 Å². The number of aromatic amines is 1. The third-order valence-corrected chi connectivity index (χ3v) is 6.00. The van der Waals surface area contributed by atoms with Crippen LogP contribution in [0.2, 0.25) is 0 Å². The number of benzene rings is 1. The second kappa shape index (κ2) is 13.0. The summed E-state index contributed by atoms with van der Waals surface area (Å²) >= 11 is 1.49. The van der Waals surface area contributed by atoms with E-state index in [0.29, 0.717) is 12.2 Å². The van der Waals surface area contributed by atoms with Gasteiger partial charge >= 0.3 is 5.97 Å². The van der Waals surface area contributed by atoms with E-state index in [4.69, 9.17) is 10.8 Å². The van der Waals surface area contributed by atoms with Crippen LogP contribution >= 0.6 is 11.8 Å². The smallest absolute Gasteiger partial charge is 0.322 e. The number of carbonyl (C=O) groups is 4. The summed E-state index contributed by atoms with van der Waals surface area (Å²) in [7, 11) is 0. The van der Waals surface area contributed by atoms with E-state index < -0.39 is 48.4 Å². The van der Waals surface area contributed by atoms with Gasteiger partial charge in [-0.15, -0.1) is 0 Å². The second-order valence-electron chi connectivity index (χ2n) is 8.35. The van der Waals surface area contributed by atoms with Gasteiger partial charge in [0.25, 0.3) is 0 Å². The highest BCUT2D eigenvalue weighted by atomic mass is 32.2. The molecule has 11 heteroatoms. The Kier molecular flexibility index (Phi) is 10.4. The van der Waals surface area contributed by atoms with Crippen LogP contribution in [0, 0.1) is 5.92 Å². The Morgan fingerprint density at radius 1 is 1.09 bits per heavy atom. The topological polar surface area (TPSA) is 166 Å². The average molecular weight is 492 g/mol. The first-order chi connectivity index (χ1) is 16.1. The highest BCUT2D eigenvalue weighted by molar-refractivity contribution is 7.98. The fraction of sp³-hybridized carbons (Fsp3) is 0.478. The number of hydrogen-bond donors (Lipinski definition) is 6. The van der Waals surface area contributed by atoms with E-state index in [-0.39, 0.29) is 12.3 Å². The normalized spacial score (nSPS) is 13.8. The van der Waals surface area contributed by atoms with Gasteiger partial charge in [0, 0.05) is 17.1 Å². The van der Waals surface area contributed by atoms with Crippen LogP contribution in [0.15, 0.2) is 30.5 Å². The summed E-state index contributed by atoms with van der Waals surface area (Å²) in [6, 6.07) is 4.99. The molecule has 1 heterocycles. The van der Waals surface area contributed by atoms with Gasteiger partial charge in [-0.25, -0.2) is 0 Å². The molecule has 0 saturated heterocycles. The molecule has 3 unspecified atom stereocenters. The number of nitrogens with one attached hydrogen (secondary N) is 4. The molecule has 0 aliphatic rings. The van der Waals surface area contributed by atoms with Crippen LogP contribution < -0.4 is 21.7 Å². The first-order valence-electron chi connectivity index (χ1n) is 11.0. The summed E-state index contributed by atoms with van der Waals surface area (Å²) < 4.78 is 0. The Bertz CT molecular complexity index is 1010. The predicted molar refractivity (Wildman–Crippen MR) is 132 cm³/mol. The molecule has 0 radical (unpaired) electrons. The highest BCUT2D eigenvalue weighted by Crippen LogP contribution is 2.19. The van der Waals surface area contributed by atoms with Crippen molar-refractivity contribution < 1.29 is 24.3 Å². The van der Waals surface area contributed by atoms with Crippen molar-refractivity contribution in [1.82, 2.24) is 20.9 Å². The SMILES string of the molecule is CSCCC(NC(=O)C(NC(=O)C(N)Cc1c[nH]c2ccccc12)C(C)C)C(=O)NCC(=O)O. The van der Waals surface area contributed by atoms with Gasteiger partial charge in [0.15, 0.2) is 0 Å². The van der Waals surface area contributed by atoms with Crippen LogP contribution in [-0.4, -0.2) is 70.5 Å². The number of carboxylic acids is 1. The standard InChI is InChI=1S/C23H33N5O5S/c1-13(2)20(23(33)27-18(8-9-34-3)22(32)26-12-19(29)30)28-21(31)16(24)10-14-11-25-17-7-5-4-6-15(14)17/h4-7,11,13,16,18,20,25H,8-10,12,24H2,1-3H3,(H,26,32)(H,27,33)(H,28,31)(H,29,30). The Morgan fingerprint density at radius 3 is 2.44 bits per heavy atom. The van der Waals surface area contributed by atoms with Gasteiger partial charge in [0.1, 0.15) is 18.6 Å². The fourth-order valence-electron chi connectivity index (χ4n) is 3.48. The minimum Gasteiger partial charge on any atom is -0.480 e. The summed E-state index contributed by atoms with van der Waals surface area (Å²) in [6.45, 7) is 3.01. The van der Waals surface area contributed by atoms with Gasteiger partial charge in [0.2, 0.25) is 17.7 Å². The summed E-state index contributed by atoms with van der Waals surface area (Å²) in [4.78, 5) is 52.1. The maximum Gasteiger partial charge on any atom is 0.322 e. The number of thioether (sulfide) groups is 1. The average Bonchev–Trinajstić information content (AvgIpc) is 3.20. The molecule has 0 fully saturated rings. The molecular formula is C23H33N5O5S. The monoisotopic (exact) mass is 491 g/mol. The zero-order valence-corrected chi connectivity index (χ0v) is 20.4. The Hall–Kier alpha value is -3.05. The molecule has 34 heavy (non-hydrogen) atoms. The lowest BCUT2D eigenvalue weighted by atomic mass is 10.0. The maximum absolute atomic E-state index is 13.0. The Balaban J connectivity index is 2.04. The molecule has 1 aromatic carbocycles. The lowest BCUT2D eigenvalue weighted by Crippen LogP contribution is -2.57. The molecule has 0 aliphatic heterocycles. The number of amides is 3. The molecule has 186 valence electrons. The van der Waals surface area contributed by atoms with E-state index in [2.05, 4.69) is 20.9 Å². The molecule has 0 aliphatic carbocycles. The number of carboxylic acid groups (broad SMARTS) is 1. The van der Waals surface area contributed by atoms with E-state index >= 15 is 0 Å². The van der Waals surface area contributed by atoms with Gasteiger partial charge < -0.3 is 31.8 Å². The van der Waals surface area contributed by atoms with Crippen molar-refractivity contribution in [3.8, 4) is 0 Å². The number of nitrogens with two attached hydrogens (primary N) is 1. The van der Waals surface area contributed by atoms with Crippen LogP contribution in [-0.2, 0) is 25.6 Å². The number of aliphatic carboxylic acids is 1. The molecule has 7 N–H and O–H groups in total. The second-order valence-corrected chi connectivity index (χ2v) is 9.34. The fourth-order valence-corrected chi connectivity index (χ4v) is 3.95. The number of aromatic nitrogens is 1. The van der Waals surface area contributed by atoms with Crippen molar-refractivity contribution in [3.05, 3.63) is 36.0 Å². The van der Waals surface area contributed by atoms with Crippen LogP contribution in [0.3, 0.4) is 0 Å². The molecule has 10 nitrogen and oxygen atoms in total. The summed E-state index contributed by atoms with van der Waals surface area (Å²) in [5.74, 6) is -2.46. The minimum atomic E-state index is -1.18. The largest absolute Gasteiger partial charge is 0.480 e. The number of fused-ring (bicyclic) bond motifs is 1. The number of rotatable bonds is 13. The van der Waals surface area contributed by atoms with Gasteiger partial charge in [-0.05, 0) is 42.4 Å². The molecular weight excluding hydrogens is 458 g/mol. The van der Waals surface area contributed by atoms with E-state index in [9.17, 15) is 19.2 Å². The molecule has 3 amide bonds. The third-order valence-electron chi connectivity index (χ3n) is 5.36. The van der Waals surface area contributed by atoms with Gasteiger partial charge in [-0.3, -0.25) is 19.2 Å². The molecule has 1 aromatic heterocycles. The molecule has 0 spiro atoms. The number of carbonyl (C=O) groups excluding carboxylic acids is 3. The van der Waals surface area contributed by atoms with Crippen LogP contribution in [0.1, 0.15) is 25.8 Å². The molecule has 0 bridgehead atoms. The predicted octanol–water partition coefficient (Wildman–Crippen LogP) is 0.617. The van der Waals surface area contributed by atoms with Crippen LogP contribution in [0.25, 0.3) is 10.9 Å². The Morgan fingerprint density at radius 2 is 1.79 bits per heavy atom. The zero-order chi connectivity index (χ0) is 25.3. The number of para-hydroxylation sites is 1. The summed E-state index contributed by atoms with van der Waals surface area (Å²) in [5.41, 5.74) is 8.00. The molecule has 3 atom stereocenters. The van der Waals surface area contributed by atoms with E-state index in [1.165, 1.54) is 11.8 Å². The third kappa shape index (κ3) is 7.77. The maximum atomic E-state index is 13.0. The molecule has 2 rings (SSSR count). The van der Waals surface area contributed by atoms with Crippen molar-refractivity contribution in [1.29, 1.82) is 0 Å². The van der Waals surface area contributed by atoms with Crippen molar-refractivity contribution in [2.45, 2.75) is 44.8 Å². The van der Waals surface area contributed by atoms with Crippen molar-refractivity contribution >= 4 is 46.4 Å². The van der Waals surface area contributed by atoms with E-state index in [0.717, 1.165) is 16.5 Å². The van der Waals surface area contributed by atoms with E-state index in [1.807, 2.05) is 36.7 Å². The lowest BCUT2D eigenvalue weighted by molar-refractivity contribution is -0.138. The highest BCUT2D eigenvalue weighted by Gasteiger charge is 2.30. The molecule has 0 saturated carbocycles. The van der Waals surface area contributed by atoms with Crippen molar-refractivity contribution in [3.63, 3.8) is 0 Å². The molecule has 2 aromatic rings.